The molecule has 1 heterocycles. The van der Waals surface area contributed by atoms with Crippen LogP contribution in [-0.4, -0.2) is 35.4 Å². The number of hydrogen-bond acceptors (Lipinski definition) is 4. The van der Waals surface area contributed by atoms with Crippen molar-refractivity contribution in [1.29, 1.82) is 0 Å². The van der Waals surface area contributed by atoms with Gasteiger partial charge in [-0.25, -0.2) is 0 Å². The highest BCUT2D eigenvalue weighted by molar-refractivity contribution is 5.76. The Morgan fingerprint density at radius 3 is 2.55 bits per heavy atom. The molecule has 2 rings (SSSR count). The van der Waals surface area contributed by atoms with Gasteiger partial charge < -0.3 is 10.2 Å². The Kier molecular flexibility index (Phi) is 6.33. The molecular formula is C16H23N3O3. The first-order chi connectivity index (χ1) is 10.7. The van der Waals surface area contributed by atoms with Crippen molar-refractivity contribution in [2.45, 2.75) is 38.6 Å². The fraction of sp³-hybridized carbons (Fsp3) is 0.562. The van der Waals surface area contributed by atoms with Gasteiger partial charge in [0.1, 0.15) is 0 Å². The van der Waals surface area contributed by atoms with Crippen molar-refractivity contribution in [2.75, 3.05) is 19.6 Å². The summed E-state index contributed by atoms with van der Waals surface area (Å²) in [5.41, 5.74) is 0.767. The van der Waals surface area contributed by atoms with Crippen LogP contribution in [0, 0.1) is 10.1 Å². The molecule has 1 fully saturated rings. The van der Waals surface area contributed by atoms with Crippen molar-refractivity contribution in [1.82, 2.24) is 10.2 Å². The zero-order valence-corrected chi connectivity index (χ0v) is 12.8. The zero-order chi connectivity index (χ0) is 15.8. The Morgan fingerprint density at radius 2 is 1.86 bits per heavy atom. The summed E-state index contributed by atoms with van der Waals surface area (Å²) in [6.07, 6.45) is 5.05. The van der Waals surface area contributed by atoms with E-state index >= 15 is 0 Å². The molecule has 1 aliphatic rings. The molecule has 1 saturated heterocycles. The van der Waals surface area contributed by atoms with E-state index in [0.717, 1.165) is 25.9 Å². The second-order valence-corrected chi connectivity index (χ2v) is 5.61. The van der Waals surface area contributed by atoms with Crippen LogP contribution >= 0.6 is 0 Å². The van der Waals surface area contributed by atoms with E-state index in [1.54, 1.807) is 18.2 Å². The van der Waals surface area contributed by atoms with E-state index in [1.807, 2.05) is 4.90 Å². The predicted octanol–water partition coefficient (Wildman–Crippen LogP) is 2.48. The maximum absolute atomic E-state index is 12.1. The van der Waals surface area contributed by atoms with Crippen molar-refractivity contribution in [3.8, 4) is 0 Å². The van der Waals surface area contributed by atoms with Crippen LogP contribution in [0.2, 0.25) is 0 Å². The van der Waals surface area contributed by atoms with E-state index in [4.69, 9.17) is 0 Å². The van der Waals surface area contributed by atoms with Crippen molar-refractivity contribution in [2.24, 2.45) is 0 Å². The van der Waals surface area contributed by atoms with E-state index in [-0.39, 0.29) is 16.5 Å². The quantitative estimate of drug-likeness (QED) is 0.498. The number of hydrogen-bond donors (Lipinski definition) is 1. The van der Waals surface area contributed by atoms with Crippen LogP contribution < -0.4 is 5.32 Å². The summed E-state index contributed by atoms with van der Waals surface area (Å²) >= 11 is 0. The largest absolute Gasteiger partial charge is 0.343 e. The third-order valence-corrected chi connectivity index (χ3v) is 3.98. The fourth-order valence-corrected chi connectivity index (χ4v) is 2.74. The number of likely N-dealkylation sites (tertiary alicyclic amines) is 1. The summed E-state index contributed by atoms with van der Waals surface area (Å²) in [5, 5.41) is 14.0. The Balaban J connectivity index is 1.75. The molecule has 1 aromatic carbocycles. The second-order valence-electron chi connectivity index (χ2n) is 5.61. The Labute approximate surface area is 130 Å². The SMILES string of the molecule is O=C(CCNCc1ccccc1[N+](=O)[O-])N1CCCCCC1. The number of amides is 1. The summed E-state index contributed by atoms with van der Waals surface area (Å²) in [5.74, 6) is 0.178. The zero-order valence-electron chi connectivity index (χ0n) is 12.8. The molecule has 1 N–H and O–H groups in total. The average Bonchev–Trinajstić information content (AvgIpc) is 2.81. The molecule has 0 bridgehead atoms. The van der Waals surface area contributed by atoms with Crippen LogP contribution in [0.3, 0.4) is 0 Å². The third kappa shape index (κ3) is 4.80. The highest BCUT2D eigenvalue weighted by atomic mass is 16.6. The van der Waals surface area contributed by atoms with E-state index in [0.29, 0.717) is 25.1 Å². The topological polar surface area (TPSA) is 75.5 Å². The van der Waals surface area contributed by atoms with Gasteiger partial charge in [0.25, 0.3) is 5.69 Å². The van der Waals surface area contributed by atoms with Gasteiger partial charge >= 0.3 is 0 Å². The van der Waals surface area contributed by atoms with Gasteiger partial charge in [-0.2, -0.15) is 0 Å². The smallest absolute Gasteiger partial charge is 0.273 e. The molecule has 1 aromatic rings. The molecular weight excluding hydrogens is 282 g/mol. The Bertz CT molecular complexity index is 511. The molecule has 6 heteroatoms. The van der Waals surface area contributed by atoms with Crippen molar-refractivity contribution in [3.63, 3.8) is 0 Å². The number of rotatable bonds is 6. The minimum atomic E-state index is -0.376. The highest BCUT2D eigenvalue weighted by Crippen LogP contribution is 2.17. The number of nitro groups is 1. The highest BCUT2D eigenvalue weighted by Gasteiger charge is 2.15. The number of carbonyl (C=O) groups excluding carboxylic acids is 1. The summed E-state index contributed by atoms with van der Waals surface area (Å²) in [6.45, 7) is 2.68. The summed E-state index contributed by atoms with van der Waals surface area (Å²) in [6, 6.07) is 6.68. The Morgan fingerprint density at radius 1 is 1.18 bits per heavy atom. The number of nitro benzene ring substituents is 1. The van der Waals surface area contributed by atoms with E-state index < -0.39 is 0 Å². The molecule has 6 nitrogen and oxygen atoms in total. The first-order valence-corrected chi connectivity index (χ1v) is 7.89. The number of nitrogens with zero attached hydrogens (tertiary/aromatic N) is 2. The molecule has 0 unspecified atom stereocenters. The molecule has 0 radical (unpaired) electrons. The van der Waals surface area contributed by atoms with Crippen LogP contribution in [0.15, 0.2) is 24.3 Å². The van der Waals surface area contributed by atoms with Crippen LogP contribution in [0.4, 0.5) is 5.69 Å². The van der Waals surface area contributed by atoms with Gasteiger partial charge in [-0.1, -0.05) is 31.0 Å². The first kappa shape index (κ1) is 16.4. The monoisotopic (exact) mass is 305 g/mol. The van der Waals surface area contributed by atoms with Crippen molar-refractivity contribution >= 4 is 11.6 Å². The van der Waals surface area contributed by atoms with Gasteiger partial charge in [0, 0.05) is 44.2 Å². The lowest BCUT2D eigenvalue weighted by Gasteiger charge is -2.20. The third-order valence-electron chi connectivity index (χ3n) is 3.98. The second kappa shape index (κ2) is 8.48. The minimum absolute atomic E-state index is 0.119. The number of nitrogens with one attached hydrogen (secondary N) is 1. The maximum Gasteiger partial charge on any atom is 0.273 e. The van der Waals surface area contributed by atoms with Crippen LogP contribution in [0.1, 0.15) is 37.7 Å². The molecule has 0 spiro atoms. The molecule has 0 saturated carbocycles. The molecule has 0 aromatic heterocycles. The maximum atomic E-state index is 12.1. The summed E-state index contributed by atoms with van der Waals surface area (Å²) in [4.78, 5) is 24.6. The predicted molar refractivity (Wildman–Crippen MR) is 84.5 cm³/mol. The standard InChI is InChI=1S/C16H23N3O3/c20-16(18-11-5-1-2-6-12-18)9-10-17-13-14-7-3-4-8-15(14)19(21)22/h3-4,7-8,17H,1-2,5-6,9-13H2. The van der Waals surface area contributed by atoms with E-state index in [2.05, 4.69) is 5.32 Å². The van der Waals surface area contributed by atoms with Gasteiger partial charge in [0.15, 0.2) is 0 Å². The normalized spacial score (nSPS) is 15.4. The molecule has 0 aliphatic carbocycles. The van der Waals surface area contributed by atoms with E-state index in [9.17, 15) is 14.9 Å². The summed E-state index contributed by atoms with van der Waals surface area (Å²) < 4.78 is 0. The first-order valence-electron chi connectivity index (χ1n) is 7.89. The van der Waals surface area contributed by atoms with Gasteiger partial charge in [-0.05, 0) is 12.8 Å². The van der Waals surface area contributed by atoms with Crippen molar-refractivity contribution < 1.29 is 9.72 Å². The molecule has 120 valence electrons. The van der Waals surface area contributed by atoms with Gasteiger partial charge in [0.2, 0.25) is 5.91 Å². The molecule has 1 aliphatic heterocycles. The summed E-state index contributed by atoms with van der Waals surface area (Å²) in [7, 11) is 0. The Hall–Kier alpha value is -1.95. The van der Waals surface area contributed by atoms with Crippen LogP contribution in [0.5, 0.6) is 0 Å². The molecule has 0 atom stereocenters. The van der Waals surface area contributed by atoms with Gasteiger partial charge in [-0.15, -0.1) is 0 Å². The van der Waals surface area contributed by atoms with Gasteiger partial charge in [0.05, 0.1) is 4.92 Å². The lowest BCUT2D eigenvalue weighted by molar-refractivity contribution is -0.385. The van der Waals surface area contributed by atoms with Gasteiger partial charge in [-0.3, -0.25) is 14.9 Å². The lowest BCUT2D eigenvalue weighted by Crippen LogP contribution is -2.33. The minimum Gasteiger partial charge on any atom is -0.343 e. The average molecular weight is 305 g/mol. The lowest BCUT2D eigenvalue weighted by atomic mass is 10.2. The number of benzene rings is 1. The molecule has 1 amide bonds. The van der Waals surface area contributed by atoms with Crippen LogP contribution in [-0.2, 0) is 11.3 Å². The van der Waals surface area contributed by atoms with Crippen molar-refractivity contribution in [3.05, 3.63) is 39.9 Å². The molecule has 22 heavy (non-hydrogen) atoms. The fourth-order valence-electron chi connectivity index (χ4n) is 2.74. The van der Waals surface area contributed by atoms with E-state index in [1.165, 1.54) is 18.9 Å². The number of para-hydroxylation sites is 1. The van der Waals surface area contributed by atoms with Crippen LogP contribution in [0.25, 0.3) is 0 Å². The number of carbonyl (C=O) groups is 1.